The lowest BCUT2D eigenvalue weighted by atomic mass is 10.2. The molecule has 0 spiro atoms. The minimum absolute atomic E-state index is 0.222. The lowest BCUT2D eigenvalue weighted by Crippen LogP contribution is -2.13. The van der Waals surface area contributed by atoms with Crippen molar-refractivity contribution in [3.05, 3.63) is 81.6 Å². The maximum atomic E-state index is 12.2. The minimum atomic E-state index is -0.223. The molecule has 2 aromatic carbocycles. The Morgan fingerprint density at radius 3 is 2.54 bits per heavy atom. The zero-order chi connectivity index (χ0) is 16.8. The number of halogens is 1. The second-order valence-electron chi connectivity index (χ2n) is 4.96. The van der Waals surface area contributed by atoms with Gasteiger partial charge in [-0.3, -0.25) is 4.79 Å². The van der Waals surface area contributed by atoms with E-state index < -0.39 is 0 Å². The standard InChI is InChI=1S/C18H14IN3O2/c19-15-8-6-14(7-9-15)17(23)21-16-10-11-20-18(22-16)24-12-13-4-2-1-3-5-13/h1-11H,12H2,(H,20,21,22,23). The molecule has 24 heavy (non-hydrogen) atoms. The van der Waals surface area contributed by atoms with Crippen molar-refractivity contribution >= 4 is 34.3 Å². The van der Waals surface area contributed by atoms with Crippen LogP contribution in [-0.2, 0) is 6.61 Å². The van der Waals surface area contributed by atoms with Crippen molar-refractivity contribution in [3.8, 4) is 6.01 Å². The first-order valence-electron chi connectivity index (χ1n) is 7.27. The first-order chi connectivity index (χ1) is 11.7. The Labute approximate surface area is 153 Å². The van der Waals surface area contributed by atoms with E-state index in [-0.39, 0.29) is 11.9 Å². The molecule has 0 saturated carbocycles. The summed E-state index contributed by atoms with van der Waals surface area (Å²) in [6, 6.07) is 18.9. The van der Waals surface area contributed by atoms with E-state index in [4.69, 9.17) is 4.74 Å². The molecule has 1 amide bonds. The highest BCUT2D eigenvalue weighted by Gasteiger charge is 2.08. The molecule has 5 nitrogen and oxygen atoms in total. The van der Waals surface area contributed by atoms with Crippen LogP contribution in [0, 0.1) is 3.57 Å². The van der Waals surface area contributed by atoms with Crippen molar-refractivity contribution in [1.29, 1.82) is 0 Å². The number of aromatic nitrogens is 2. The fourth-order valence-electron chi connectivity index (χ4n) is 1.99. The number of rotatable bonds is 5. The smallest absolute Gasteiger partial charge is 0.318 e. The van der Waals surface area contributed by atoms with Gasteiger partial charge < -0.3 is 10.1 Å². The molecule has 0 atom stereocenters. The SMILES string of the molecule is O=C(Nc1ccnc(OCc2ccccc2)n1)c1ccc(I)cc1. The summed E-state index contributed by atoms with van der Waals surface area (Å²) in [6.45, 7) is 0.370. The molecule has 0 fully saturated rings. The molecule has 0 radical (unpaired) electrons. The molecule has 3 aromatic rings. The Hall–Kier alpha value is -2.48. The van der Waals surface area contributed by atoms with Crippen LogP contribution in [0.1, 0.15) is 15.9 Å². The average Bonchev–Trinajstić information content (AvgIpc) is 2.62. The normalized spacial score (nSPS) is 10.2. The van der Waals surface area contributed by atoms with Gasteiger partial charge in [-0.1, -0.05) is 30.3 Å². The van der Waals surface area contributed by atoms with Crippen molar-refractivity contribution < 1.29 is 9.53 Å². The third-order valence-electron chi connectivity index (χ3n) is 3.19. The summed E-state index contributed by atoms with van der Waals surface area (Å²) in [7, 11) is 0. The summed E-state index contributed by atoms with van der Waals surface area (Å²) in [4.78, 5) is 20.5. The molecule has 3 rings (SSSR count). The first kappa shape index (κ1) is 16.4. The highest BCUT2D eigenvalue weighted by molar-refractivity contribution is 14.1. The van der Waals surface area contributed by atoms with Gasteiger partial charge in [0.05, 0.1) is 0 Å². The van der Waals surface area contributed by atoms with E-state index in [0.29, 0.717) is 18.0 Å². The highest BCUT2D eigenvalue weighted by atomic mass is 127. The lowest BCUT2D eigenvalue weighted by Gasteiger charge is -2.07. The number of carbonyl (C=O) groups is 1. The molecule has 0 aliphatic heterocycles. The molecule has 0 unspecified atom stereocenters. The molecule has 0 aliphatic rings. The fraction of sp³-hybridized carbons (Fsp3) is 0.0556. The van der Waals surface area contributed by atoms with Gasteiger partial charge in [0, 0.05) is 15.3 Å². The van der Waals surface area contributed by atoms with Gasteiger partial charge in [0.25, 0.3) is 5.91 Å². The van der Waals surface area contributed by atoms with Crippen LogP contribution in [0.4, 0.5) is 5.82 Å². The van der Waals surface area contributed by atoms with Crippen molar-refractivity contribution in [3.63, 3.8) is 0 Å². The van der Waals surface area contributed by atoms with Crippen LogP contribution in [0.3, 0.4) is 0 Å². The monoisotopic (exact) mass is 431 g/mol. The Balaban J connectivity index is 1.64. The number of anilines is 1. The maximum absolute atomic E-state index is 12.2. The molecular weight excluding hydrogens is 417 g/mol. The molecule has 0 bridgehead atoms. The fourth-order valence-corrected chi connectivity index (χ4v) is 2.35. The van der Waals surface area contributed by atoms with E-state index in [2.05, 4.69) is 37.9 Å². The Bertz CT molecular complexity index is 823. The third-order valence-corrected chi connectivity index (χ3v) is 3.91. The van der Waals surface area contributed by atoms with E-state index >= 15 is 0 Å². The predicted molar refractivity (Wildman–Crippen MR) is 99.9 cm³/mol. The van der Waals surface area contributed by atoms with Gasteiger partial charge in [-0.25, -0.2) is 4.98 Å². The van der Waals surface area contributed by atoms with Crippen LogP contribution in [0.15, 0.2) is 66.9 Å². The van der Waals surface area contributed by atoms with E-state index in [1.165, 1.54) is 0 Å². The molecule has 6 heteroatoms. The zero-order valence-electron chi connectivity index (χ0n) is 12.6. The predicted octanol–water partition coefficient (Wildman–Crippen LogP) is 3.91. The number of nitrogens with zero attached hydrogens (tertiary/aromatic N) is 2. The number of amides is 1. The van der Waals surface area contributed by atoms with Crippen LogP contribution in [0.25, 0.3) is 0 Å². The van der Waals surface area contributed by atoms with Crippen LogP contribution < -0.4 is 10.1 Å². The number of hydrogen-bond acceptors (Lipinski definition) is 4. The topological polar surface area (TPSA) is 64.1 Å². The molecule has 1 heterocycles. The number of benzene rings is 2. The van der Waals surface area contributed by atoms with Gasteiger partial charge in [0.15, 0.2) is 0 Å². The van der Waals surface area contributed by atoms with Crippen LogP contribution in [-0.4, -0.2) is 15.9 Å². The number of carbonyl (C=O) groups excluding carboxylic acids is 1. The largest absolute Gasteiger partial charge is 0.459 e. The van der Waals surface area contributed by atoms with Gasteiger partial charge in [0.2, 0.25) is 0 Å². The van der Waals surface area contributed by atoms with Gasteiger partial charge in [0.1, 0.15) is 12.4 Å². The Morgan fingerprint density at radius 2 is 1.79 bits per heavy atom. The maximum Gasteiger partial charge on any atom is 0.318 e. The number of nitrogens with one attached hydrogen (secondary N) is 1. The van der Waals surface area contributed by atoms with Gasteiger partial charge >= 0.3 is 6.01 Å². The second kappa shape index (κ2) is 7.87. The second-order valence-corrected chi connectivity index (χ2v) is 6.21. The van der Waals surface area contributed by atoms with Crippen LogP contribution >= 0.6 is 22.6 Å². The minimum Gasteiger partial charge on any atom is -0.459 e. The molecule has 1 N–H and O–H groups in total. The summed E-state index contributed by atoms with van der Waals surface area (Å²) in [5.41, 5.74) is 1.59. The molecule has 0 saturated heterocycles. The summed E-state index contributed by atoms with van der Waals surface area (Å²) in [6.07, 6.45) is 1.55. The molecule has 120 valence electrons. The van der Waals surface area contributed by atoms with Gasteiger partial charge in [-0.05, 0) is 58.5 Å². The van der Waals surface area contributed by atoms with Crippen molar-refractivity contribution in [2.75, 3.05) is 5.32 Å². The first-order valence-corrected chi connectivity index (χ1v) is 8.35. The van der Waals surface area contributed by atoms with Crippen molar-refractivity contribution in [1.82, 2.24) is 9.97 Å². The summed E-state index contributed by atoms with van der Waals surface area (Å²) < 4.78 is 6.63. The Morgan fingerprint density at radius 1 is 1.04 bits per heavy atom. The quantitative estimate of drug-likeness (QED) is 0.623. The number of ether oxygens (including phenoxy) is 1. The molecule has 1 aromatic heterocycles. The number of hydrogen-bond donors (Lipinski definition) is 1. The van der Waals surface area contributed by atoms with Crippen LogP contribution in [0.2, 0.25) is 0 Å². The van der Waals surface area contributed by atoms with Gasteiger partial charge in [-0.15, -0.1) is 0 Å². The van der Waals surface area contributed by atoms with Crippen molar-refractivity contribution in [2.45, 2.75) is 6.61 Å². The highest BCUT2D eigenvalue weighted by Crippen LogP contribution is 2.12. The van der Waals surface area contributed by atoms with E-state index in [9.17, 15) is 4.79 Å². The summed E-state index contributed by atoms with van der Waals surface area (Å²) in [5, 5.41) is 2.74. The molecular formula is C18H14IN3O2. The summed E-state index contributed by atoms with van der Waals surface area (Å²) >= 11 is 2.19. The van der Waals surface area contributed by atoms with Gasteiger partial charge in [-0.2, -0.15) is 4.98 Å². The zero-order valence-corrected chi connectivity index (χ0v) is 14.8. The average molecular weight is 431 g/mol. The lowest BCUT2D eigenvalue weighted by molar-refractivity contribution is 0.102. The molecule has 0 aliphatic carbocycles. The van der Waals surface area contributed by atoms with Crippen LogP contribution in [0.5, 0.6) is 6.01 Å². The summed E-state index contributed by atoms with van der Waals surface area (Å²) in [5.74, 6) is 0.177. The van der Waals surface area contributed by atoms with E-state index in [1.54, 1.807) is 24.4 Å². The Kier molecular flexibility index (Phi) is 5.37. The van der Waals surface area contributed by atoms with Crippen molar-refractivity contribution in [2.24, 2.45) is 0 Å². The third kappa shape index (κ3) is 4.51. The van der Waals surface area contributed by atoms with E-state index in [0.717, 1.165) is 9.13 Å². The van der Waals surface area contributed by atoms with E-state index in [1.807, 2.05) is 42.5 Å².